The van der Waals surface area contributed by atoms with Crippen LogP contribution in [-0.4, -0.2) is 11.9 Å². The molecule has 0 fully saturated rings. The molecular weight excluding hydrogens is 154 g/mol. The summed E-state index contributed by atoms with van der Waals surface area (Å²) in [6.07, 6.45) is 0. The van der Waals surface area contributed by atoms with E-state index in [-0.39, 0.29) is 17.1 Å². The van der Waals surface area contributed by atoms with Crippen LogP contribution in [0.25, 0.3) is 0 Å². The van der Waals surface area contributed by atoms with Gasteiger partial charge in [-0.25, -0.2) is 4.99 Å². The van der Waals surface area contributed by atoms with E-state index in [1.807, 2.05) is 0 Å². The predicted molar refractivity (Wildman–Crippen MR) is 42.4 cm³/mol. The SMILES string of the molecule is C=C(Cl)/N=C(/N)N=C(N)N. The van der Waals surface area contributed by atoms with Gasteiger partial charge in [0.05, 0.1) is 0 Å². The van der Waals surface area contributed by atoms with Crippen molar-refractivity contribution in [2.75, 3.05) is 0 Å². The topological polar surface area (TPSA) is 103 Å². The van der Waals surface area contributed by atoms with Gasteiger partial charge in [0.2, 0.25) is 5.96 Å². The normalized spacial score (nSPS) is 10.7. The molecule has 0 amide bonds. The summed E-state index contributed by atoms with van der Waals surface area (Å²) in [6.45, 7) is 3.25. The van der Waals surface area contributed by atoms with Gasteiger partial charge in [0.15, 0.2) is 5.96 Å². The van der Waals surface area contributed by atoms with E-state index in [4.69, 9.17) is 28.8 Å². The van der Waals surface area contributed by atoms with Gasteiger partial charge in [-0.2, -0.15) is 4.99 Å². The van der Waals surface area contributed by atoms with Crippen LogP contribution in [-0.2, 0) is 0 Å². The molecule has 0 saturated carbocycles. The Hall–Kier alpha value is -1.23. The summed E-state index contributed by atoms with van der Waals surface area (Å²) in [6, 6.07) is 0. The molecule has 0 saturated heterocycles. The van der Waals surface area contributed by atoms with Gasteiger partial charge in [-0.3, -0.25) is 0 Å². The molecule has 0 aromatic heterocycles. The van der Waals surface area contributed by atoms with Gasteiger partial charge < -0.3 is 17.2 Å². The average Bonchev–Trinajstić information content (AvgIpc) is 1.58. The molecule has 5 nitrogen and oxygen atoms in total. The van der Waals surface area contributed by atoms with Gasteiger partial charge >= 0.3 is 0 Å². The maximum absolute atomic E-state index is 5.24. The molecule has 0 aliphatic heterocycles. The number of rotatable bonds is 1. The summed E-state index contributed by atoms with van der Waals surface area (Å²) >= 11 is 5.24. The van der Waals surface area contributed by atoms with Gasteiger partial charge in [-0.05, 0) is 0 Å². The van der Waals surface area contributed by atoms with E-state index in [1.54, 1.807) is 0 Å². The van der Waals surface area contributed by atoms with Crippen LogP contribution in [0, 0.1) is 0 Å². The number of halogens is 1. The van der Waals surface area contributed by atoms with Crippen LogP contribution < -0.4 is 17.2 Å². The monoisotopic (exact) mass is 161 g/mol. The maximum Gasteiger partial charge on any atom is 0.224 e. The molecule has 6 heteroatoms. The van der Waals surface area contributed by atoms with Gasteiger partial charge in [0.25, 0.3) is 0 Å². The summed E-state index contributed by atoms with van der Waals surface area (Å²) in [7, 11) is 0. The lowest BCUT2D eigenvalue weighted by molar-refractivity contribution is 1.37. The molecule has 0 aromatic carbocycles. The van der Waals surface area contributed by atoms with Crippen LogP contribution in [0.5, 0.6) is 0 Å². The molecule has 56 valence electrons. The van der Waals surface area contributed by atoms with E-state index in [2.05, 4.69) is 16.6 Å². The summed E-state index contributed by atoms with van der Waals surface area (Å²) in [4.78, 5) is 6.81. The summed E-state index contributed by atoms with van der Waals surface area (Å²) in [5, 5.41) is 0.0301. The summed E-state index contributed by atoms with van der Waals surface area (Å²) in [5.41, 5.74) is 15.1. The number of aliphatic imine (C=N–C) groups is 2. The fourth-order valence-electron chi connectivity index (χ4n) is 0.282. The van der Waals surface area contributed by atoms with Crippen molar-refractivity contribution >= 4 is 23.5 Å². The Kier molecular flexibility index (Phi) is 3.27. The third kappa shape index (κ3) is 4.92. The highest BCUT2D eigenvalue weighted by Gasteiger charge is 1.87. The zero-order valence-corrected chi connectivity index (χ0v) is 5.97. The van der Waals surface area contributed by atoms with Crippen LogP contribution in [0.2, 0.25) is 0 Å². The Balaban J connectivity index is 4.22. The lowest BCUT2D eigenvalue weighted by Gasteiger charge is -1.90. The highest BCUT2D eigenvalue weighted by Crippen LogP contribution is 1.96. The van der Waals surface area contributed by atoms with E-state index in [9.17, 15) is 0 Å². The number of guanidine groups is 2. The smallest absolute Gasteiger partial charge is 0.224 e. The molecule has 0 spiro atoms. The number of nitrogens with zero attached hydrogens (tertiary/aromatic N) is 2. The van der Waals surface area contributed by atoms with Crippen LogP contribution in [0.3, 0.4) is 0 Å². The largest absolute Gasteiger partial charge is 0.370 e. The van der Waals surface area contributed by atoms with Crippen molar-refractivity contribution in [2.24, 2.45) is 27.2 Å². The molecule has 6 N–H and O–H groups in total. The minimum absolute atomic E-state index is 0.0301. The molecule has 0 radical (unpaired) electrons. The minimum Gasteiger partial charge on any atom is -0.370 e. The highest BCUT2D eigenvalue weighted by atomic mass is 35.5. The van der Waals surface area contributed by atoms with Crippen molar-refractivity contribution in [1.29, 1.82) is 0 Å². The first-order chi connectivity index (χ1) is 4.52. The highest BCUT2D eigenvalue weighted by molar-refractivity contribution is 6.29. The molecule has 0 unspecified atom stereocenters. The maximum atomic E-state index is 5.24. The van der Waals surface area contributed by atoms with E-state index in [1.165, 1.54) is 0 Å². The summed E-state index contributed by atoms with van der Waals surface area (Å²) in [5.74, 6) is -0.279. The number of hydrogen-bond donors (Lipinski definition) is 3. The second kappa shape index (κ2) is 3.73. The van der Waals surface area contributed by atoms with Gasteiger partial charge in [-0.1, -0.05) is 18.2 Å². The Morgan fingerprint density at radius 2 is 1.70 bits per heavy atom. The van der Waals surface area contributed by atoms with Gasteiger partial charge in [0, 0.05) is 0 Å². The minimum atomic E-state index is -0.167. The molecule has 0 heterocycles. The first kappa shape index (κ1) is 8.77. The molecule has 0 aliphatic rings. The second-order valence-corrected chi connectivity index (χ2v) is 1.82. The zero-order valence-electron chi connectivity index (χ0n) is 5.21. The molecule has 0 rings (SSSR count). The van der Waals surface area contributed by atoms with Crippen molar-refractivity contribution in [1.82, 2.24) is 0 Å². The Morgan fingerprint density at radius 3 is 2.00 bits per heavy atom. The lowest BCUT2D eigenvalue weighted by Crippen LogP contribution is -2.26. The molecule has 0 atom stereocenters. The Morgan fingerprint density at radius 1 is 1.20 bits per heavy atom. The van der Waals surface area contributed by atoms with Crippen molar-refractivity contribution in [3.63, 3.8) is 0 Å². The van der Waals surface area contributed by atoms with Crippen LogP contribution in [0.4, 0.5) is 0 Å². The molecule has 0 aromatic rings. The Bertz CT molecular complexity index is 190. The fraction of sp³-hybridized carbons (Fsp3) is 0. The quantitative estimate of drug-likeness (QED) is 0.269. The van der Waals surface area contributed by atoms with Gasteiger partial charge in [-0.15, -0.1) is 0 Å². The van der Waals surface area contributed by atoms with Crippen molar-refractivity contribution in [3.05, 3.63) is 11.7 Å². The van der Waals surface area contributed by atoms with Crippen LogP contribution in [0.15, 0.2) is 21.7 Å². The van der Waals surface area contributed by atoms with Crippen molar-refractivity contribution < 1.29 is 0 Å². The van der Waals surface area contributed by atoms with Crippen LogP contribution in [0.1, 0.15) is 0 Å². The number of hydrogen-bond acceptors (Lipinski definition) is 1. The van der Waals surface area contributed by atoms with E-state index in [0.29, 0.717) is 0 Å². The standard InChI is InChI=1S/C4H8ClN5/c1-2(5)9-4(8)10-3(6)7/h1H2,(H6,6,7,8,9,10). The third-order valence-electron chi connectivity index (χ3n) is 0.480. The van der Waals surface area contributed by atoms with Gasteiger partial charge in [0.1, 0.15) is 5.16 Å². The molecular formula is C4H8ClN5. The first-order valence-electron chi connectivity index (χ1n) is 2.30. The predicted octanol–water partition coefficient (Wildman–Crippen LogP) is -0.715. The average molecular weight is 162 g/mol. The molecule has 10 heavy (non-hydrogen) atoms. The Labute approximate surface area is 63.3 Å². The molecule has 0 bridgehead atoms. The van der Waals surface area contributed by atoms with E-state index in [0.717, 1.165) is 0 Å². The number of nitrogens with two attached hydrogens (primary N) is 3. The van der Waals surface area contributed by atoms with E-state index >= 15 is 0 Å². The first-order valence-corrected chi connectivity index (χ1v) is 2.68. The third-order valence-corrected chi connectivity index (χ3v) is 0.564. The second-order valence-electron chi connectivity index (χ2n) is 1.38. The van der Waals surface area contributed by atoms with E-state index < -0.39 is 0 Å². The lowest BCUT2D eigenvalue weighted by atomic mass is 10.9. The van der Waals surface area contributed by atoms with Crippen molar-refractivity contribution in [2.45, 2.75) is 0 Å². The summed E-state index contributed by atoms with van der Waals surface area (Å²) < 4.78 is 0. The molecule has 0 aliphatic carbocycles. The van der Waals surface area contributed by atoms with Crippen molar-refractivity contribution in [3.8, 4) is 0 Å². The fourth-order valence-corrected chi connectivity index (χ4v) is 0.368. The zero-order chi connectivity index (χ0) is 8.15. The van der Waals surface area contributed by atoms with Crippen LogP contribution >= 0.6 is 11.6 Å².